The minimum absolute atomic E-state index is 0.00180. The molecule has 0 aromatic carbocycles. The summed E-state index contributed by atoms with van der Waals surface area (Å²) in [7, 11) is 2.11. The molecule has 1 saturated heterocycles. The van der Waals surface area contributed by atoms with Gasteiger partial charge in [-0.25, -0.2) is 13.9 Å². The van der Waals surface area contributed by atoms with Crippen LogP contribution in [0.5, 0.6) is 0 Å². The van der Waals surface area contributed by atoms with E-state index >= 15 is 0 Å². The molecule has 2 aliphatic rings. The Labute approximate surface area is 172 Å². The normalized spacial score (nSPS) is 17.5. The van der Waals surface area contributed by atoms with Gasteiger partial charge in [0.2, 0.25) is 0 Å². The predicted molar refractivity (Wildman–Crippen MR) is 111 cm³/mol. The molecule has 1 aliphatic heterocycles. The van der Waals surface area contributed by atoms with Crippen LogP contribution in [0.3, 0.4) is 0 Å². The van der Waals surface area contributed by atoms with Crippen molar-refractivity contribution in [2.75, 3.05) is 49.2 Å². The molecule has 1 amide bonds. The molecule has 9 nitrogen and oxygen atoms in total. The number of hydrogen-bond acceptors (Lipinski definition) is 7. The highest BCUT2D eigenvalue weighted by Crippen LogP contribution is 2.46. The number of carbonyl (C=O) groups excluding carboxylic acids is 1. The first-order valence-corrected chi connectivity index (χ1v) is 10.0. The summed E-state index contributed by atoms with van der Waals surface area (Å²) < 4.78 is 14.6. The third-order valence-electron chi connectivity index (χ3n) is 5.73. The van der Waals surface area contributed by atoms with Crippen LogP contribution in [0.1, 0.15) is 34.7 Å². The van der Waals surface area contributed by atoms with E-state index in [1.807, 2.05) is 6.20 Å². The van der Waals surface area contributed by atoms with Gasteiger partial charge >= 0.3 is 0 Å². The van der Waals surface area contributed by atoms with E-state index in [0.29, 0.717) is 11.6 Å². The molecule has 0 bridgehead atoms. The van der Waals surface area contributed by atoms with Gasteiger partial charge in [-0.05, 0) is 31.4 Å². The first kappa shape index (κ1) is 18.7. The van der Waals surface area contributed by atoms with E-state index in [4.69, 9.17) is 5.73 Å². The highest BCUT2D eigenvalue weighted by atomic mass is 19.1. The van der Waals surface area contributed by atoms with Crippen LogP contribution in [-0.2, 0) is 0 Å². The largest absolute Gasteiger partial charge is 0.381 e. The van der Waals surface area contributed by atoms with Crippen LogP contribution >= 0.6 is 0 Å². The molecule has 0 spiro atoms. The molecule has 1 saturated carbocycles. The second-order valence-electron chi connectivity index (χ2n) is 7.94. The van der Waals surface area contributed by atoms with E-state index in [9.17, 15) is 9.18 Å². The Morgan fingerprint density at radius 3 is 2.70 bits per heavy atom. The number of aromatic nitrogens is 4. The van der Waals surface area contributed by atoms with Crippen molar-refractivity contribution in [2.45, 2.75) is 18.8 Å². The van der Waals surface area contributed by atoms with Gasteiger partial charge in [0, 0.05) is 32.4 Å². The number of nitrogen functional groups attached to an aromatic ring is 1. The molecule has 4 heterocycles. The average Bonchev–Trinajstić information content (AvgIpc) is 3.51. The van der Waals surface area contributed by atoms with Crippen molar-refractivity contribution >= 4 is 28.7 Å². The minimum atomic E-state index is -0.560. The third-order valence-corrected chi connectivity index (χ3v) is 5.73. The van der Waals surface area contributed by atoms with Gasteiger partial charge in [-0.3, -0.25) is 9.78 Å². The third kappa shape index (κ3) is 3.32. The van der Waals surface area contributed by atoms with Gasteiger partial charge in [-0.2, -0.15) is 0 Å². The fraction of sp³-hybridized carbons (Fsp3) is 0.400. The van der Waals surface area contributed by atoms with Crippen molar-refractivity contribution in [3.05, 3.63) is 41.7 Å². The molecule has 1 aliphatic carbocycles. The number of anilines is 3. The molecule has 2 fully saturated rings. The number of amides is 1. The highest BCUT2D eigenvalue weighted by Gasteiger charge is 2.31. The van der Waals surface area contributed by atoms with E-state index in [0.717, 1.165) is 57.1 Å². The lowest BCUT2D eigenvalue weighted by Gasteiger charge is -2.36. The van der Waals surface area contributed by atoms with Gasteiger partial charge in [0.05, 0.1) is 30.0 Å². The van der Waals surface area contributed by atoms with Crippen molar-refractivity contribution in [1.29, 1.82) is 0 Å². The number of halogens is 1. The Morgan fingerprint density at radius 1 is 1.20 bits per heavy atom. The van der Waals surface area contributed by atoms with Gasteiger partial charge in [0.25, 0.3) is 5.91 Å². The maximum absolute atomic E-state index is 13.5. The Bertz CT molecular complexity index is 1120. The number of likely N-dealkylation sites (N-methyl/N-ethyl adjacent to an activating group) is 1. The maximum atomic E-state index is 13.5. The molecule has 0 radical (unpaired) electrons. The summed E-state index contributed by atoms with van der Waals surface area (Å²) in [4.78, 5) is 26.1. The summed E-state index contributed by atoms with van der Waals surface area (Å²) in [6.07, 6.45) is 8.03. The summed E-state index contributed by atoms with van der Waals surface area (Å²) in [6, 6.07) is 0. The zero-order valence-electron chi connectivity index (χ0n) is 16.7. The number of nitrogens with two attached hydrogens (primary N) is 1. The van der Waals surface area contributed by atoms with Crippen LogP contribution in [0.2, 0.25) is 0 Å². The van der Waals surface area contributed by atoms with Crippen LogP contribution in [0.25, 0.3) is 5.65 Å². The van der Waals surface area contributed by atoms with E-state index in [1.165, 1.54) is 10.1 Å². The number of carbonyl (C=O) groups is 1. The van der Waals surface area contributed by atoms with Gasteiger partial charge < -0.3 is 20.9 Å². The Kier molecular flexibility index (Phi) is 4.50. The molecule has 3 aromatic rings. The lowest BCUT2D eigenvalue weighted by molar-refractivity contribution is 0.102. The van der Waals surface area contributed by atoms with Gasteiger partial charge in [-0.1, -0.05) is 0 Å². The number of rotatable bonds is 4. The molecule has 10 heteroatoms. The predicted octanol–water partition coefficient (Wildman–Crippen LogP) is 1.73. The topological polar surface area (TPSA) is 105 Å². The number of fused-ring (bicyclic) bond motifs is 1. The molecular weight excluding hydrogens is 387 g/mol. The Morgan fingerprint density at radius 2 is 1.97 bits per heavy atom. The number of hydrogen-bond donors (Lipinski definition) is 2. The van der Waals surface area contributed by atoms with Gasteiger partial charge in [0.15, 0.2) is 17.3 Å². The molecule has 0 atom stereocenters. The van der Waals surface area contributed by atoms with Gasteiger partial charge in [-0.15, -0.1) is 5.10 Å². The van der Waals surface area contributed by atoms with Gasteiger partial charge in [0.1, 0.15) is 5.56 Å². The van der Waals surface area contributed by atoms with Crippen molar-refractivity contribution in [3.63, 3.8) is 0 Å². The number of nitrogens with zero attached hydrogens (tertiary/aromatic N) is 6. The summed E-state index contributed by atoms with van der Waals surface area (Å²) in [6.45, 7) is 3.66. The summed E-state index contributed by atoms with van der Waals surface area (Å²) in [5.74, 6) is -0.517. The fourth-order valence-corrected chi connectivity index (χ4v) is 3.97. The number of piperazine rings is 1. The van der Waals surface area contributed by atoms with E-state index < -0.39 is 11.7 Å². The van der Waals surface area contributed by atoms with Crippen LogP contribution in [-0.4, -0.2) is 63.6 Å². The van der Waals surface area contributed by atoms with Crippen molar-refractivity contribution < 1.29 is 9.18 Å². The zero-order chi connectivity index (χ0) is 20.8. The second kappa shape index (κ2) is 7.21. The SMILES string of the molecule is CN1CCN(c2c(NC(=O)c3c(N)nn4cc(F)cnc34)cncc2C2CC2)CC1. The van der Waals surface area contributed by atoms with Crippen molar-refractivity contribution in [3.8, 4) is 0 Å². The Hall–Kier alpha value is -3.27. The molecule has 3 N–H and O–H groups in total. The number of nitrogens with one attached hydrogen (secondary N) is 1. The highest BCUT2D eigenvalue weighted by molar-refractivity contribution is 6.12. The summed E-state index contributed by atoms with van der Waals surface area (Å²) >= 11 is 0. The Balaban J connectivity index is 1.51. The van der Waals surface area contributed by atoms with E-state index in [2.05, 4.69) is 37.2 Å². The standard InChI is InChI=1S/C20H23FN8O/c1-27-4-6-28(7-5-27)17-14(12-2-3-12)9-23-10-15(17)25-20(30)16-18(22)26-29-11-13(21)8-24-19(16)29/h8-12H,2-7H2,1H3,(H2,22,26)(H,25,30). The average molecular weight is 410 g/mol. The van der Waals surface area contributed by atoms with E-state index in [1.54, 1.807) is 6.20 Å². The smallest absolute Gasteiger partial charge is 0.263 e. The lowest BCUT2D eigenvalue weighted by Crippen LogP contribution is -2.45. The van der Waals surface area contributed by atoms with E-state index in [-0.39, 0.29) is 17.0 Å². The first-order chi connectivity index (χ1) is 14.5. The van der Waals surface area contributed by atoms with Crippen molar-refractivity contribution in [1.82, 2.24) is 24.5 Å². The molecule has 30 heavy (non-hydrogen) atoms. The molecular formula is C20H23FN8O. The second-order valence-corrected chi connectivity index (χ2v) is 7.94. The minimum Gasteiger partial charge on any atom is -0.381 e. The summed E-state index contributed by atoms with van der Waals surface area (Å²) in [5, 5.41) is 6.98. The molecule has 5 rings (SSSR count). The quantitative estimate of drug-likeness (QED) is 0.675. The molecule has 156 valence electrons. The van der Waals surface area contributed by atoms with Crippen molar-refractivity contribution in [2.24, 2.45) is 0 Å². The fourth-order valence-electron chi connectivity index (χ4n) is 3.97. The summed E-state index contributed by atoms with van der Waals surface area (Å²) in [5.41, 5.74) is 9.13. The monoisotopic (exact) mass is 410 g/mol. The van der Waals surface area contributed by atoms with Crippen LogP contribution < -0.4 is 16.0 Å². The molecule has 3 aromatic heterocycles. The maximum Gasteiger partial charge on any atom is 0.263 e. The van der Waals surface area contributed by atoms with Crippen LogP contribution in [0, 0.1) is 5.82 Å². The zero-order valence-corrected chi connectivity index (χ0v) is 16.7. The lowest BCUT2D eigenvalue weighted by atomic mass is 10.1. The number of pyridine rings is 1. The van der Waals surface area contributed by atoms with Crippen LogP contribution in [0.15, 0.2) is 24.8 Å². The molecule has 0 unspecified atom stereocenters. The van der Waals surface area contributed by atoms with Crippen LogP contribution in [0.4, 0.5) is 21.6 Å². The first-order valence-electron chi connectivity index (χ1n) is 10.0.